The average molecular weight is 963 g/mol. The van der Waals surface area contributed by atoms with Crippen LogP contribution >= 0.6 is 7.26 Å². The van der Waals surface area contributed by atoms with Gasteiger partial charge in [0, 0.05) is 5.56 Å². The van der Waals surface area contributed by atoms with Crippen molar-refractivity contribution in [3.63, 3.8) is 0 Å². The molecule has 2 atom stereocenters. The Balaban J connectivity index is 1.74. The van der Waals surface area contributed by atoms with Crippen molar-refractivity contribution in [3.05, 3.63) is 175 Å². The van der Waals surface area contributed by atoms with E-state index in [0.29, 0.717) is 74.4 Å². The van der Waals surface area contributed by atoms with Gasteiger partial charge < -0.3 is 14.1 Å². The summed E-state index contributed by atoms with van der Waals surface area (Å²) in [6.07, 6.45) is -3.79. The Bertz CT molecular complexity index is 3100. The minimum Gasteiger partial charge on any atom is -0.673 e. The molecular formula is C52H42BF10O4P. The van der Waals surface area contributed by atoms with Crippen LogP contribution in [0.5, 0.6) is 0 Å². The fourth-order valence-electron chi connectivity index (χ4n) is 11.9. The Morgan fingerprint density at radius 2 is 1.06 bits per heavy atom. The summed E-state index contributed by atoms with van der Waals surface area (Å²) in [5.74, 6) is -28.3. The highest BCUT2D eigenvalue weighted by molar-refractivity contribution is 8.00. The Hall–Kier alpha value is -6.08. The molecule has 68 heavy (non-hydrogen) atoms. The van der Waals surface area contributed by atoms with Gasteiger partial charge in [0.1, 0.15) is 41.1 Å². The SMILES string of the molecule is COC(=O)[C@@]1(C)C2=C(OC)O[B-](c3c(F)c(F)c(F)c(F)c3F)(c3c(F)c(F)c(F)c(F)c3F)c3cc(-c4ccccc4)c4c(c3[P+]2(c2c(C)cc(C)cc2C)c2c(C)cc(C)cc21)CCCC4. The van der Waals surface area contributed by atoms with E-state index in [4.69, 9.17) is 14.1 Å². The molecule has 0 N–H and O–H groups in total. The van der Waals surface area contributed by atoms with Gasteiger partial charge in [0.15, 0.2) is 45.6 Å². The summed E-state index contributed by atoms with van der Waals surface area (Å²) < 4.78 is 183. The molecule has 0 radical (unpaired) electrons. The molecule has 0 amide bonds. The molecule has 6 aromatic carbocycles. The zero-order valence-corrected chi connectivity index (χ0v) is 38.9. The van der Waals surface area contributed by atoms with E-state index in [2.05, 4.69) is 0 Å². The molecule has 0 saturated carbocycles. The van der Waals surface area contributed by atoms with Crippen LogP contribution in [0.1, 0.15) is 64.3 Å². The number of benzene rings is 6. The summed E-state index contributed by atoms with van der Waals surface area (Å²) in [6.45, 7) is 10.4. The Kier molecular flexibility index (Phi) is 11.3. The van der Waals surface area contributed by atoms with E-state index in [0.717, 1.165) is 19.8 Å². The second-order valence-corrected chi connectivity index (χ2v) is 21.2. The van der Waals surface area contributed by atoms with Gasteiger partial charge in [0.05, 0.1) is 19.5 Å². The quantitative estimate of drug-likeness (QED) is 0.0417. The molecule has 1 aliphatic carbocycles. The summed E-state index contributed by atoms with van der Waals surface area (Å²) in [5, 5.41) is 0.857. The first-order chi connectivity index (χ1) is 32.2. The van der Waals surface area contributed by atoms with E-state index < -0.39 is 106 Å². The highest BCUT2D eigenvalue weighted by atomic mass is 31.2. The third kappa shape index (κ3) is 6.02. The van der Waals surface area contributed by atoms with Crippen LogP contribution in [0.2, 0.25) is 0 Å². The first-order valence-corrected chi connectivity index (χ1v) is 23.6. The molecule has 1 unspecified atom stereocenters. The molecule has 0 saturated heterocycles. The summed E-state index contributed by atoms with van der Waals surface area (Å²) in [5.41, 5.74) is -1.59. The average Bonchev–Trinajstić information content (AvgIpc) is 3.47. The molecule has 352 valence electrons. The lowest BCUT2D eigenvalue weighted by Crippen LogP contribution is -2.76. The van der Waals surface area contributed by atoms with Gasteiger partial charge in [-0.05, 0) is 106 Å². The van der Waals surface area contributed by atoms with Gasteiger partial charge >= 0.3 is 5.97 Å². The lowest BCUT2D eigenvalue weighted by molar-refractivity contribution is -0.145. The molecule has 0 spiro atoms. The van der Waals surface area contributed by atoms with E-state index in [-0.39, 0.29) is 22.6 Å². The van der Waals surface area contributed by atoms with E-state index in [9.17, 15) is 0 Å². The Morgan fingerprint density at radius 1 is 0.603 bits per heavy atom. The predicted molar refractivity (Wildman–Crippen MR) is 243 cm³/mol. The molecule has 6 aromatic rings. The number of carbonyl (C=O) groups excluding carboxylic acids is 1. The maximum absolute atomic E-state index is 17.4. The van der Waals surface area contributed by atoms with Crippen LogP contribution in [0.15, 0.2) is 71.9 Å². The summed E-state index contributed by atoms with van der Waals surface area (Å²) >= 11 is 0. The van der Waals surface area contributed by atoms with Crippen molar-refractivity contribution in [2.45, 2.75) is 72.6 Å². The molecule has 3 aliphatic rings. The van der Waals surface area contributed by atoms with Crippen LogP contribution in [0.25, 0.3) is 11.1 Å². The van der Waals surface area contributed by atoms with Crippen molar-refractivity contribution in [1.29, 1.82) is 0 Å². The van der Waals surface area contributed by atoms with Crippen molar-refractivity contribution >= 4 is 51.9 Å². The van der Waals surface area contributed by atoms with Gasteiger partial charge in [0.25, 0.3) is 12.3 Å². The summed E-state index contributed by atoms with van der Waals surface area (Å²) in [7, 11) is -2.13. The molecule has 2 aliphatic heterocycles. The maximum Gasteiger partial charge on any atom is 0.324 e. The Morgan fingerprint density at radius 3 is 1.54 bits per heavy atom. The van der Waals surface area contributed by atoms with E-state index >= 15 is 48.7 Å². The molecule has 0 aromatic heterocycles. The second-order valence-electron chi connectivity index (χ2n) is 18.1. The zero-order chi connectivity index (χ0) is 49.3. The highest BCUT2D eigenvalue weighted by Gasteiger charge is 2.74. The summed E-state index contributed by atoms with van der Waals surface area (Å²) in [6, 6.07) is 16.9. The van der Waals surface area contributed by atoms with Crippen LogP contribution < -0.4 is 32.3 Å². The number of halogens is 10. The van der Waals surface area contributed by atoms with Crippen LogP contribution in [0.3, 0.4) is 0 Å². The first-order valence-electron chi connectivity index (χ1n) is 21.8. The van der Waals surface area contributed by atoms with Gasteiger partial charge in [-0.15, -0.1) is 5.46 Å². The maximum atomic E-state index is 17.4. The van der Waals surface area contributed by atoms with Crippen molar-refractivity contribution < 1.29 is 62.8 Å². The van der Waals surface area contributed by atoms with Gasteiger partial charge in [-0.3, -0.25) is 4.79 Å². The van der Waals surface area contributed by atoms with Crippen molar-refractivity contribution in [2.75, 3.05) is 14.2 Å². The number of methoxy groups -OCH3 is 2. The van der Waals surface area contributed by atoms with Gasteiger partial charge in [0.2, 0.25) is 0 Å². The standard InChI is InChI=1S/C52H42BF10O4P/c1-23-18-25(3)46(26(4)19-23)68-47-27(5)20-24(2)21-32(47)52(6,51(64)66-8)49(68)50(65-7)67-53(34-36(54)40(58)44(62)41(59)37(34)55,35-38(56)42(60)45(63)43(61)39(35)57)33-22-31(28-14-10-9-11-15-28)29-16-12-13-17-30(29)48(33)68/h9-11,14-15,18-22H,12-13,16-17H2,1-8H3/t52-,68?/m1/s1. The fraction of sp³-hybridized carbons (Fsp3) is 0.250. The van der Waals surface area contributed by atoms with E-state index in [1.807, 2.05) is 25.1 Å². The molecule has 4 nitrogen and oxygen atoms in total. The minimum absolute atomic E-state index is 0.0118. The first kappa shape index (κ1) is 47.0. The van der Waals surface area contributed by atoms with Crippen LogP contribution in [0.4, 0.5) is 43.9 Å². The van der Waals surface area contributed by atoms with E-state index in [1.54, 1.807) is 64.1 Å². The zero-order valence-electron chi connectivity index (χ0n) is 38.0. The predicted octanol–water partition coefficient (Wildman–Crippen LogP) is 9.72. The molecular weight excluding hydrogens is 920 g/mol. The van der Waals surface area contributed by atoms with Crippen molar-refractivity contribution in [2.24, 2.45) is 0 Å². The number of carbonyl (C=O) groups is 1. The molecule has 9 rings (SSSR count). The van der Waals surface area contributed by atoms with Crippen molar-refractivity contribution in [3.8, 4) is 11.1 Å². The highest BCUT2D eigenvalue weighted by Crippen LogP contribution is 2.76. The smallest absolute Gasteiger partial charge is 0.324 e. The summed E-state index contributed by atoms with van der Waals surface area (Å²) in [4.78, 5) is 15.1. The van der Waals surface area contributed by atoms with Gasteiger partial charge in [-0.2, -0.15) is 0 Å². The number of ether oxygens (including phenoxy) is 2. The number of fused-ring (bicyclic) bond motifs is 7. The molecule has 2 heterocycles. The third-order valence-electron chi connectivity index (χ3n) is 14.2. The van der Waals surface area contributed by atoms with E-state index in [1.165, 1.54) is 13.0 Å². The minimum atomic E-state index is -5.25. The lowest BCUT2D eigenvalue weighted by atomic mass is 9.27. The monoisotopic (exact) mass is 962 g/mol. The molecule has 16 heteroatoms. The van der Waals surface area contributed by atoms with Crippen LogP contribution in [0, 0.1) is 92.8 Å². The lowest BCUT2D eigenvalue weighted by Gasteiger charge is -2.45. The number of aryl methyl sites for hydroxylation is 5. The second kappa shape index (κ2) is 16.3. The third-order valence-corrected chi connectivity index (χ3v) is 19.3. The fourth-order valence-corrected chi connectivity index (χ4v) is 18.2. The molecule has 0 bridgehead atoms. The largest absolute Gasteiger partial charge is 0.673 e. The normalized spacial score (nSPS) is 19.1. The number of esters is 1. The number of hydrogen-bond donors (Lipinski definition) is 0. The number of hydrogen-bond acceptors (Lipinski definition) is 4. The number of rotatable bonds is 6. The van der Waals surface area contributed by atoms with Gasteiger partial charge in [-0.1, -0.05) is 82.7 Å². The van der Waals surface area contributed by atoms with Gasteiger partial charge in [-0.25, -0.2) is 43.9 Å². The van der Waals surface area contributed by atoms with Crippen LogP contribution in [-0.4, -0.2) is 26.5 Å². The topological polar surface area (TPSA) is 44.8 Å². The Labute approximate surface area is 386 Å². The van der Waals surface area contributed by atoms with Crippen molar-refractivity contribution in [1.82, 2.24) is 0 Å². The van der Waals surface area contributed by atoms with Crippen LogP contribution in [-0.2, 0) is 37.2 Å². The molecule has 0 fully saturated rings.